The molecule has 0 aliphatic carbocycles. The number of piperidine rings is 1. The maximum Gasteiger partial charge on any atom is 0.412 e. The smallest absolute Gasteiger partial charge is 0.412 e. The number of nitro benzene ring substituents is 1. The molecule has 1 unspecified atom stereocenters. The van der Waals surface area contributed by atoms with Crippen LogP contribution in [0.2, 0.25) is 0 Å². The second-order valence-electron chi connectivity index (χ2n) is 9.04. The van der Waals surface area contributed by atoms with Gasteiger partial charge in [-0.2, -0.15) is 0 Å². The molecule has 1 amide bonds. The number of amides is 1. The molecule has 2 aromatic rings. The lowest BCUT2D eigenvalue weighted by atomic mass is 9.88. The average molecular weight is 472 g/mol. The molecule has 1 aromatic carbocycles. The lowest BCUT2D eigenvalue weighted by Crippen LogP contribution is -2.32. The van der Waals surface area contributed by atoms with Crippen molar-refractivity contribution in [1.82, 2.24) is 10.3 Å². The molecular formula is C23H29N5O6. The minimum absolute atomic E-state index is 0.0269. The van der Waals surface area contributed by atoms with Crippen molar-refractivity contribution >= 4 is 29.1 Å². The number of benzene rings is 1. The molecule has 1 saturated heterocycles. The average Bonchev–Trinajstić information content (AvgIpc) is 2.76. The maximum atomic E-state index is 13.2. The van der Waals surface area contributed by atoms with E-state index < -0.39 is 34.4 Å². The van der Waals surface area contributed by atoms with E-state index in [1.165, 1.54) is 6.07 Å². The molecule has 182 valence electrons. The number of carbonyl (C=O) groups is 2. The van der Waals surface area contributed by atoms with Crippen LogP contribution >= 0.6 is 0 Å². The van der Waals surface area contributed by atoms with Crippen molar-refractivity contribution in [1.29, 1.82) is 0 Å². The second-order valence-corrected chi connectivity index (χ2v) is 9.04. The number of nitro groups is 1. The fraction of sp³-hybridized carbons (Fsp3) is 0.435. The van der Waals surface area contributed by atoms with Crippen molar-refractivity contribution in [3.05, 3.63) is 57.9 Å². The topological polar surface area (TPSA) is 159 Å². The number of nitrogens with one attached hydrogen (secondary N) is 2. The second kappa shape index (κ2) is 10.5. The van der Waals surface area contributed by atoms with Crippen LogP contribution in [0.5, 0.6) is 0 Å². The standard InChI is InChI=1S/C23H29N5O6/c1-23(2,3)34-22(30)27-16-12-17(24)19(18(13-16)28(31)32)21(29)33-20(14-4-8-25-9-5-14)15-6-10-26-11-7-15/h4-5,8-9,12-13,15,20,26H,6-7,10-11,24H2,1-3H3,(H,27,30). The van der Waals surface area contributed by atoms with E-state index >= 15 is 0 Å². The normalized spacial score (nSPS) is 15.3. The molecule has 0 bridgehead atoms. The third-order valence-corrected chi connectivity index (χ3v) is 5.27. The number of ether oxygens (including phenoxy) is 2. The maximum absolute atomic E-state index is 13.2. The lowest BCUT2D eigenvalue weighted by molar-refractivity contribution is -0.385. The predicted molar refractivity (Wildman–Crippen MR) is 125 cm³/mol. The van der Waals surface area contributed by atoms with Gasteiger partial charge < -0.3 is 20.5 Å². The summed E-state index contributed by atoms with van der Waals surface area (Å²) in [6, 6.07) is 5.83. The van der Waals surface area contributed by atoms with E-state index in [0.717, 1.165) is 37.6 Å². The first kappa shape index (κ1) is 24.9. The molecule has 2 heterocycles. The number of nitrogens with two attached hydrogens (primary N) is 1. The highest BCUT2D eigenvalue weighted by Crippen LogP contribution is 2.36. The van der Waals surface area contributed by atoms with Crippen LogP contribution in [0.15, 0.2) is 36.7 Å². The van der Waals surface area contributed by atoms with Gasteiger partial charge >= 0.3 is 12.1 Å². The van der Waals surface area contributed by atoms with Gasteiger partial charge in [-0.15, -0.1) is 0 Å². The number of nitrogen functional groups attached to an aromatic ring is 1. The lowest BCUT2D eigenvalue weighted by Gasteiger charge is -2.30. The van der Waals surface area contributed by atoms with Gasteiger partial charge in [0.1, 0.15) is 11.7 Å². The van der Waals surface area contributed by atoms with E-state index in [4.69, 9.17) is 15.2 Å². The Bertz CT molecular complexity index is 1050. The van der Waals surface area contributed by atoms with Crippen LogP contribution in [-0.2, 0) is 9.47 Å². The number of aromatic nitrogens is 1. The summed E-state index contributed by atoms with van der Waals surface area (Å²) in [5.74, 6) is -0.880. The molecule has 11 nitrogen and oxygen atoms in total. The molecular weight excluding hydrogens is 442 g/mol. The molecule has 1 fully saturated rings. The molecule has 0 radical (unpaired) electrons. The Hall–Kier alpha value is -3.73. The van der Waals surface area contributed by atoms with Gasteiger partial charge in [0.25, 0.3) is 5.69 Å². The quantitative estimate of drug-likeness (QED) is 0.246. The van der Waals surface area contributed by atoms with Crippen molar-refractivity contribution in [3.63, 3.8) is 0 Å². The largest absolute Gasteiger partial charge is 0.453 e. The number of carbonyl (C=O) groups excluding carboxylic acids is 2. The summed E-state index contributed by atoms with van der Waals surface area (Å²) >= 11 is 0. The van der Waals surface area contributed by atoms with Crippen molar-refractivity contribution in [2.45, 2.75) is 45.3 Å². The molecule has 1 atom stereocenters. The van der Waals surface area contributed by atoms with Crippen LogP contribution < -0.4 is 16.4 Å². The van der Waals surface area contributed by atoms with Gasteiger partial charge in [0, 0.05) is 24.4 Å². The van der Waals surface area contributed by atoms with Gasteiger partial charge in [-0.1, -0.05) is 0 Å². The molecule has 1 aliphatic rings. The van der Waals surface area contributed by atoms with Gasteiger partial charge in [-0.05, 0) is 70.5 Å². The van der Waals surface area contributed by atoms with E-state index in [0.29, 0.717) is 0 Å². The Labute approximate surface area is 197 Å². The molecule has 1 aliphatic heterocycles. The molecule has 0 spiro atoms. The van der Waals surface area contributed by atoms with Crippen LogP contribution in [0.4, 0.5) is 21.9 Å². The molecule has 3 rings (SSSR count). The fourth-order valence-electron chi connectivity index (χ4n) is 3.82. The van der Waals surface area contributed by atoms with Crippen molar-refractivity contribution < 1.29 is 24.0 Å². The van der Waals surface area contributed by atoms with E-state index in [-0.39, 0.29) is 22.9 Å². The van der Waals surface area contributed by atoms with E-state index in [1.54, 1.807) is 45.3 Å². The molecule has 34 heavy (non-hydrogen) atoms. The Morgan fingerprint density at radius 2 is 1.88 bits per heavy atom. The fourth-order valence-corrected chi connectivity index (χ4v) is 3.82. The highest BCUT2D eigenvalue weighted by atomic mass is 16.6. The zero-order valence-electron chi connectivity index (χ0n) is 19.4. The van der Waals surface area contributed by atoms with Crippen molar-refractivity contribution in [3.8, 4) is 0 Å². The minimum atomic E-state index is -0.909. The van der Waals surface area contributed by atoms with Crippen LogP contribution in [0, 0.1) is 16.0 Å². The number of pyridine rings is 1. The number of esters is 1. The summed E-state index contributed by atoms with van der Waals surface area (Å²) in [7, 11) is 0. The number of rotatable bonds is 6. The summed E-state index contributed by atoms with van der Waals surface area (Å²) in [6.45, 7) is 6.60. The summed E-state index contributed by atoms with van der Waals surface area (Å²) in [6.07, 6.45) is 3.33. The first-order chi connectivity index (χ1) is 16.0. The number of hydrogen-bond acceptors (Lipinski definition) is 9. The highest BCUT2D eigenvalue weighted by Gasteiger charge is 2.33. The van der Waals surface area contributed by atoms with Crippen molar-refractivity contribution in [2.75, 3.05) is 24.1 Å². The summed E-state index contributed by atoms with van der Waals surface area (Å²) < 4.78 is 11.0. The zero-order chi connectivity index (χ0) is 24.9. The van der Waals surface area contributed by atoms with E-state index in [2.05, 4.69) is 15.6 Å². The Morgan fingerprint density at radius 3 is 2.47 bits per heavy atom. The zero-order valence-corrected chi connectivity index (χ0v) is 19.4. The van der Waals surface area contributed by atoms with Crippen LogP contribution in [0.1, 0.15) is 55.6 Å². The third-order valence-electron chi connectivity index (χ3n) is 5.27. The summed E-state index contributed by atoms with van der Waals surface area (Å²) in [5, 5.41) is 17.5. The Kier molecular flexibility index (Phi) is 7.67. The third kappa shape index (κ3) is 6.41. The van der Waals surface area contributed by atoms with Gasteiger partial charge in [0.15, 0.2) is 5.56 Å². The molecule has 0 saturated carbocycles. The van der Waals surface area contributed by atoms with Gasteiger partial charge in [-0.3, -0.25) is 20.4 Å². The highest BCUT2D eigenvalue weighted by molar-refractivity contribution is 6.01. The summed E-state index contributed by atoms with van der Waals surface area (Å²) in [4.78, 5) is 40.3. The first-order valence-electron chi connectivity index (χ1n) is 10.9. The number of hydrogen-bond donors (Lipinski definition) is 3. The monoisotopic (exact) mass is 471 g/mol. The predicted octanol–water partition coefficient (Wildman–Crippen LogP) is 3.82. The van der Waals surface area contributed by atoms with Crippen molar-refractivity contribution in [2.24, 2.45) is 5.92 Å². The van der Waals surface area contributed by atoms with Gasteiger partial charge in [0.2, 0.25) is 0 Å². The van der Waals surface area contributed by atoms with E-state index in [1.807, 2.05) is 0 Å². The van der Waals surface area contributed by atoms with Gasteiger partial charge in [0.05, 0.1) is 16.3 Å². The van der Waals surface area contributed by atoms with Crippen LogP contribution in [-0.4, -0.2) is 40.7 Å². The first-order valence-corrected chi connectivity index (χ1v) is 10.9. The van der Waals surface area contributed by atoms with Crippen LogP contribution in [0.3, 0.4) is 0 Å². The Balaban J connectivity index is 1.90. The van der Waals surface area contributed by atoms with Gasteiger partial charge in [-0.25, -0.2) is 9.59 Å². The number of nitrogens with zero attached hydrogens (tertiary/aromatic N) is 2. The SMILES string of the molecule is CC(C)(C)OC(=O)Nc1cc(N)c(C(=O)OC(c2ccncc2)C2CCNCC2)c([N+](=O)[O-])c1. The minimum Gasteiger partial charge on any atom is -0.453 e. The Morgan fingerprint density at radius 1 is 1.24 bits per heavy atom. The molecule has 1 aromatic heterocycles. The molecule has 11 heteroatoms. The van der Waals surface area contributed by atoms with E-state index in [9.17, 15) is 19.7 Å². The summed E-state index contributed by atoms with van der Waals surface area (Å²) in [5.41, 5.74) is 4.92. The molecule has 4 N–H and O–H groups in total. The number of anilines is 2. The van der Waals surface area contributed by atoms with Crippen LogP contribution in [0.25, 0.3) is 0 Å².